The Bertz CT molecular complexity index is 638. The molecule has 0 saturated carbocycles. The lowest BCUT2D eigenvalue weighted by atomic mass is 9.97. The molecule has 7 heteroatoms. The fourth-order valence-electron chi connectivity index (χ4n) is 2.73. The second kappa shape index (κ2) is 8.09. The van der Waals surface area contributed by atoms with Crippen molar-refractivity contribution >= 4 is 16.1 Å². The molecule has 2 rings (SSSR count). The van der Waals surface area contributed by atoms with Gasteiger partial charge in [-0.2, -0.15) is 17.0 Å². The van der Waals surface area contributed by atoms with E-state index in [1.165, 1.54) is 8.61 Å². The number of hydrogen-bond acceptors (Lipinski definition) is 3. The molecule has 0 atom stereocenters. The van der Waals surface area contributed by atoms with Crippen LogP contribution in [0.5, 0.6) is 0 Å². The number of benzene rings is 1. The molecule has 1 aromatic rings. The molecule has 24 heavy (non-hydrogen) atoms. The van der Waals surface area contributed by atoms with E-state index in [4.69, 9.17) is 0 Å². The number of rotatable bonds is 6. The maximum Gasteiger partial charge on any atom is 0.281 e. The van der Waals surface area contributed by atoms with E-state index in [0.29, 0.717) is 32.5 Å². The van der Waals surface area contributed by atoms with Gasteiger partial charge in [0.15, 0.2) is 0 Å². The Morgan fingerprint density at radius 2 is 1.83 bits per heavy atom. The van der Waals surface area contributed by atoms with Gasteiger partial charge in [0, 0.05) is 38.6 Å². The van der Waals surface area contributed by atoms with Crippen molar-refractivity contribution in [3.63, 3.8) is 0 Å². The van der Waals surface area contributed by atoms with E-state index < -0.39 is 10.2 Å². The summed E-state index contributed by atoms with van der Waals surface area (Å²) in [4.78, 5) is 12.3. The first-order valence-electron chi connectivity index (χ1n) is 8.37. The van der Waals surface area contributed by atoms with Crippen molar-refractivity contribution in [2.24, 2.45) is 5.92 Å². The van der Waals surface area contributed by atoms with E-state index >= 15 is 0 Å². The normalized spacial score (nSPS) is 17.4. The van der Waals surface area contributed by atoms with Crippen LogP contribution < -0.4 is 5.32 Å². The first-order valence-corrected chi connectivity index (χ1v) is 9.77. The lowest BCUT2D eigenvalue weighted by molar-refractivity contribution is -0.126. The van der Waals surface area contributed by atoms with Gasteiger partial charge in [-0.1, -0.05) is 30.3 Å². The van der Waals surface area contributed by atoms with E-state index in [9.17, 15) is 13.2 Å². The summed E-state index contributed by atoms with van der Waals surface area (Å²) in [5.41, 5.74) is 1.06. The SMILES string of the molecule is CC(C)N(C)S(=O)(=O)N1CCC(C(=O)NCc2ccccc2)CC1. The molecule has 1 amide bonds. The van der Waals surface area contributed by atoms with Gasteiger partial charge in [-0.05, 0) is 32.3 Å². The molecule has 0 aromatic heterocycles. The van der Waals surface area contributed by atoms with Crippen LogP contribution in [0.4, 0.5) is 0 Å². The highest BCUT2D eigenvalue weighted by Gasteiger charge is 2.34. The predicted molar refractivity (Wildman–Crippen MR) is 94.4 cm³/mol. The summed E-state index contributed by atoms with van der Waals surface area (Å²) < 4.78 is 27.8. The lowest BCUT2D eigenvalue weighted by Crippen LogP contribution is -2.49. The van der Waals surface area contributed by atoms with Gasteiger partial charge in [0.05, 0.1) is 0 Å². The van der Waals surface area contributed by atoms with Crippen molar-refractivity contribution in [1.29, 1.82) is 0 Å². The second-order valence-electron chi connectivity index (χ2n) is 6.49. The molecule has 0 aliphatic carbocycles. The summed E-state index contributed by atoms with van der Waals surface area (Å²) in [5, 5.41) is 2.95. The first-order chi connectivity index (χ1) is 11.3. The molecule has 0 unspecified atom stereocenters. The fourth-order valence-corrected chi connectivity index (χ4v) is 4.30. The zero-order chi connectivity index (χ0) is 17.7. The number of hydrogen-bond donors (Lipinski definition) is 1. The third-order valence-electron chi connectivity index (χ3n) is 4.55. The quantitative estimate of drug-likeness (QED) is 0.844. The maximum absolute atomic E-state index is 12.5. The van der Waals surface area contributed by atoms with Gasteiger partial charge in [-0.15, -0.1) is 0 Å². The zero-order valence-electron chi connectivity index (χ0n) is 14.6. The maximum atomic E-state index is 12.5. The topological polar surface area (TPSA) is 69.7 Å². The summed E-state index contributed by atoms with van der Waals surface area (Å²) in [5.74, 6) is -0.113. The summed E-state index contributed by atoms with van der Waals surface area (Å²) >= 11 is 0. The Morgan fingerprint density at radius 1 is 1.25 bits per heavy atom. The number of piperidine rings is 1. The van der Waals surface area contributed by atoms with Crippen LogP contribution in [0.2, 0.25) is 0 Å². The fraction of sp³-hybridized carbons (Fsp3) is 0.588. The standard InChI is InChI=1S/C17H27N3O3S/c1-14(2)19(3)24(22,23)20-11-9-16(10-12-20)17(21)18-13-15-7-5-4-6-8-15/h4-8,14,16H,9-13H2,1-3H3,(H,18,21). The van der Waals surface area contributed by atoms with Gasteiger partial charge >= 0.3 is 0 Å². The van der Waals surface area contributed by atoms with Crippen molar-refractivity contribution in [3.8, 4) is 0 Å². The largest absolute Gasteiger partial charge is 0.352 e. The zero-order valence-corrected chi connectivity index (χ0v) is 15.4. The summed E-state index contributed by atoms with van der Waals surface area (Å²) in [6, 6.07) is 9.68. The van der Waals surface area contributed by atoms with Crippen LogP contribution in [0.15, 0.2) is 30.3 Å². The summed E-state index contributed by atoms with van der Waals surface area (Å²) in [6.45, 7) is 4.99. The molecule has 1 fully saturated rings. The molecular formula is C17H27N3O3S. The van der Waals surface area contributed by atoms with Crippen LogP contribution in [0.25, 0.3) is 0 Å². The first kappa shape index (κ1) is 18.9. The molecule has 0 bridgehead atoms. The van der Waals surface area contributed by atoms with E-state index in [1.807, 2.05) is 44.2 Å². The second-order valence-corrected chi connectivity index (χ2v) is 8.48. The van der Waals surface area contributed by atoms with E-state index in [-0.39, 0.29) is 17.9 Å². The Morgan fingerprint density at radius 3 is 2.38 bits per heavy atom. The third kappa shape index (κ3) is 4.55. The highest BCUT2D eigenvalue weighted by Crippen LogP contribution is 2.22. The molecule has 1 aliphatic heterocycles. The molecular weight excluding hydrogens is 326 g/mol. The average molecular weight is 353 g/mol. The number of amides is 1. The molecule has 1 aromatic carbocycles. The van der Waals surface area contributed by atoms with Crippen LogP contribution in [-0.2, 0) is 21.5 Å². The van der Waals surface area contributed by atoms with Gasteiger partial charge in [0.25, 0.3) is 10.2 Å². The Hall–Kier alpha value is -1.44. The number of nitrogens with one attached hydrogen (secondary N) is 1. The molecule has 134 valence electrons. The minimum absolute atomic E-state index is 0.00751. The van der Waals surface area contributed by atoms with Crippen LogP contribution in [0, 0.1) is 5.92 Å². The number of nitrogens with zero attached hydrogens (tertiary/aromatic N) is 2. The van der Waals surface area contributed by atoms with Crippen molar-refractivity contribution in [2.75, 3.05) is 20.1 Å². The highest BCUT2D eigenvalue weighted by atomic mass is 32.2. The van der Waals surface area contributed by atoms with Gasteiger partial charge in [0.2, 0.25) is 5.91 Å². The minimum Gasteiger partial charge on any atom is -0.352 e. The molecule has 1 heterocycles. The average Bonchev–Trinajstić information content (AvgIpc) is 2.59. The Balaban J connectivity index is 1.85. The summed E-state index contributed by atoms with van der Waals surface area (Å²) in [6.07, 6.45) is 1.12. The monoisotopic (exact) mass is 353 g/mol. The van der Waals surface area contributed by atoms with E-state index in [0.717, 1.165) is 5.56 Å². The summed E-state index contributed by atoms with van der Waals surface area (Å²) in [7, 11) is -1.83. The molecule has 0 radical (unpaired) electrons. The molecule has 1 saturated heterocycles. The molecule has 0 spiro atoms. The van der Waals surface area contributed by atoms with Gasteiger partial charge in [-0.25, -0.2) is 0 Å². The molecule has 1 N–H and O–H groups in total. The van der Waals surface area contributed by atoms with Crippen molar-refractivity contribution in [3.05, 3.63) is 35.9 Å². The van der Waals surface area contributed by atoms with E-state index in [1.54, 1.807) is 7.05 Å². The highest BCUT2D eigenvalue weighted by molar-refractivity contribution is 7.86. The van der Waals surface area contributed by atoms with Gasteiger partial charge in [0.1, 0.15) is 0 Å². The van der Waals surface area contributed by atoms with Gasteiger partial charge in [-0.3, -0.25) is 4.79 Å². The van der Waals surface area contributed by atoms with Crippen molar-refractivity contribution in [2.45, 2.75) is 39.3 Å². The van der Waals surface area contributed by atoms with Gasteiger partial charge < -0.3 is 5.32 Å². The Labute approximate surface area is 145 Å². The minimum atomic E-state index is -3.43. The van der Waals surface area contributed by atoms with Crippen LogP contribution >= 0.6 is 0 Å². The van der Waals surface area contributed by atoms with Crippen molar-refractivity contribution in [1.82, 2.24) is 13.9 Å². The lowest BCUT2D eigenvalue weighted by Gasteiger charge is -2.34. The molecule has 1 aliphatic rings. The third-order valence-corrected chi connectivity index (χ3v) is 6.72. The smallest absolute Gasteiger partial charge is 0.281 e. The predicted octanol–water partition coefficient (Wildman–Crippen LogP) is 1.60. The number of carbonyl (C=O) groups is 1. The van der Waals surface area contributed by atoms with Crippen LogP contribution in [0.1, 0.15) is 32.3 Å². The molecule has 6 nitrogen and oxygen atoms in total. The van der Waals surface area contributed by atoms with Crippen LogP contribution in [-0.4, -0.2) is 49.1 Å². The van der Waals surface area contributed by atoms with Crippen LogP contribution in [0.3, 0.4) is 0 Å². The number of carbonyl (C=O) groups excluding carboxylic acids is 1. The Kier molecular flexibility index (Phi) is 6.37. The van der Waals surface area contributed by atoms with Crippen molar-refractivity contribution < 1.29 is 13.2 Å². The van der Waals surface area contributed by atoms with E-state index in [2.05, 4.69) is 5.32 Å².